The van der Waals surface area contributed by atoms with E-state index in [1.165, 1.54) is 5.56 Å². The van der Waals surface area contributed by atoms with Crippen molar-refractivity contribution in [3.8, 4) is 44.8 Å². The molecule has 3 heterocycles. The maximum Gasteiger partial charge on any atom is 0.145 e. The van der Waals surface area contributed by atoms with Crippen LogP contribution in [0.5, 0.6) is 0 Å². The average molecular weight is 656 g/mol. The van der Waals surface area contributed by atoms with Gasteiger partial charge in [0.15, 0.2) is 0 Å². The SMILES string of the molecule is CC1C=C/C=C\Cc2nc(-c3cccc(-c4cc(-c5ccccc5)cc5c4oc4c5ccc5[nH]c6ccccc6c54)c3)cnc2-c2ccccc21. The summed E-state index contributed by atoms with van der Waals surface area (Å²) in [5.41, 5.74) is 14.5. The smallest absolute Gasteiger partial charge is 0.145 e. The van der Waals surface area contributed by atoms with Crippen molar-refractivity contribution in [2.24, 2.45) is 0 Å². The standard InChI is InChI=1S/C47H33N3O/c1-29-13-4-2-7-22-42-45(35-19-9-8-18-34(29)35)48-28-43(50-42)32-17-12-16-31(25-32)38-26-33(30-14-5-3-6-15-30)27-39-36-23-24-41-44(47(36)51-46(38)39)37-20-10-11-21-40(37)49-41/h2-21,23-29,49H,22H2,1H3/b7-2-,13-4?. The fourth-order valence-corrected chi connectivity index (χ4v) is 7.76. The van der Waals surface area contributed by atoms with Crippen LogP contribution in [-0.4, -0.2) is 15.0 Å². The molecule has 0 saturated carbocycles. The van der Waals surface area contributed by atoms with Gasteiger partial charge in [-0.2, -0.15) is 0 Å². The maximum atomic E-state index is 6.96. The highest BCUT2D eigenvalue weighted by Gasteiger charge is 2.20. The quantitative estimate of drug-likeness (QED) is 0.206. The Kier molecular flexibility index (Phi) is 6.81. The van der Waals surface area contributed by atoms with E-state index in [-0.39, 0.29) is 5.92 Å². The Balaban J connectivity index is 1.17. The number of rotatable bonds is 3. The topological polar surface area (TPSA) is 54.7 Å². The number of para-hydroxylation sites is 1. The lowest BCUT2D eigenvalue weighted by Gasteiger charge is -2.16. The number of H-pyrrole nitrogens is 1. The molecule has 242 valence electrons. The van der Waals surface area contributed by atoms with Crippen molar-refractivity contribution in [1.82, 2.24) is 15.0 Å². The first-order valence-corrected chi connectivity index (χ1v) is 17.5. The van der Waals surface area contributed by atoms with Crippen molar-refractivity contribution in [2.75, 3.05) is 0 Å². The summed E-state index contributed by atoms with van der Waals surface area (Å²) in [6, 6.07) is 45.1. The van der Waals surface area contributed by atoms with Gasteiger partial charge in [-0.05, 0) is 64.6 Å². The van der Waals surface area contributed by atoms with Crippen molar-refractivity contribution in [3.63, 3.8) is 0 Å². The van der Waals surface area contributed by atoms with Gasteiger partial charge in [0.05, 0.1) is 34.2 Å². The lowest BCUT2D eigenvalue weighted by molar-refractivity contribution is 0.674. The molecule has 0 saturated heterocycles. The highest BCUT2D eigenvalue weighted by Crippen LogP contribution is 2.43. The summed E-state index contributed by atoms with van der Waals surface area (Å²) in [6.45, 7) is 2.23. The fraction of sp³-hybridized carbons (Fsp3) is 0.0638. The summed E-state index contributed by atoms with van der Waals surface area (Å²) in [5, 5.41) is 4.48. The number of allylic oxidation sites excluding steroid dienone is 4. The van der Waals surface area contributed by atoms with Crippen LogP contribution in [0, 0.1) is 0 Å². The van der Waals surface area contributed by atoms with E-state index in [4.69, 9.17) is 14.4 Å². The average Bonchev–Trinajstić information content (AvgIpc) is 3.76. The molecule has 4 heteroatoms. The number of aromatic amines is 1. The molecule has 0 radical (unpaired) electrons. The number of hydrogen-bond acceptors (Lipinski definition) is 3. The minimum Gasteiger partial charge on any atom is -0.455 e. The van der Waals surface area contributed by atoms with E-state index in [9.17, 15) is 0 Å². The van der Waals surface area contributed by atoms with E-state index in [1.54, 1.807) is 0 Å². The summed E-state index contributed by atoms with van der Waals surface area (Å²) in [6.07, 6.45) is 11.3. The molecule has 51 heavy (non-hydrogen) atoms. The van der Waals surface area contributed by atoms with Crippen molar-refractivity contribution in [2.45, 2.75) is 19.3 Å². The van der Waals surface area contributed by atoms with Gasteiger partial charge >= 0.3 is 0 Å². The van der Waals surface area contributed by atoms with Crippen molar-refractivity contribution < 1.29 is 4.42 Å². The fourth-order valence-electron chi connectivity index (χ4n) is 7.76. The molecule has 1 unspecified atom stereocenters. The van der Waals surface area contributed by atoms with Crippen LogP contribution >= 0.6 is 0 Å². The summed E-state index contributed by atoms with van der Waals surface area (Å²) >= 11 is 0. The molecule has 0 spiro atoms. The molecular formula is C47H33N3O. The Morgan fingerprint density at radius 3 is 2.39 bits per heavy atom. The lowest BCUT2D eigenvalue weighted by atomic mass is 9.91. The van der Waals surface area contributed by atoms with Crippen LogP contribution in [0.3, 0.4) is 0 Å². The summed E-state index contributed by atoms with van der Waals surface area (Å²) in [7, 11) is 0. The van der Waals surface area contributed by atoms with Gasteiger partial charge in [0, 0.05) is 44.8 Å². The van der Waals surface area contributed by atoms with Crippen LogP contribution in [0.25, 0.3) is 88.5 Å². The molecule has 0 fully saturated rings. The van der Waals surface area contributed by atoms with Gasteiger partial charge < -0.3 is 9.40 Å². The van der Waals surface area contributed by atoms with Crippen LogP contribution in [0.1, 0.15) is 24.1 Å². The third kappa shape index (κ3) is 4.91. The third-order valence-electron chi connectivity index (χ3n) is 10.3. The number of fused-ring (bicyclic) bond motifs is 10. The monoisotopic (exact) mass is 655 g/mol. The lowest BCUT2D eigenvalue weighted by Crippen LogP contribution is -2.03. The molecule has 6 aromatic carbocycles. The Morgan fingerprint density at radius 2 is 1.45 bits per heavy atom. The first-order chi connectivity index (χ1) is 25.2. The summed E-state index contributed by atoms with van der Waals surface area (Å²) in [5.74, 6) is 0.267. The highest BCUT2D eigenvalue weighted by molar-refractivity contribution is 6.24. The number of aromatic nitrogens is 3. The van der Waals surface area contributed by atoms with E-state index < -0.39 is 0 Å². The Morgan fingerprint density at radius 1 is 0.627 bits per heavy atom. The third-order valence-corrected chi connectivity index (χ3v) is 10.3. The number of hydrogen-bond donors (Lipinski definition) is 1. The van der Waals surface area contributed by atoms with Crippen molar-refractivity contribution in [3.05, 3.63) is 169 Å². The summed E-state index contributed by atoms with van der Waals surface area (Å²) in [4.78, 5) is 13.9. The second-order valence-electron chi connectivity index (χ2n) is 13.4. The largest absolute Gasteiger partial charge is 0.455 e. The normalized spacial score (nSPS) is 15.0. The molecule has 9 aromatic rings. The van der Waals surface area contributed by atoms with Crippen LogP contribution in [0.4, 0.5) is 0 Å². The van der Waals surface area contributed by atoms with Crippen molar-refractivity contribution in [1.29, 1.82) is 0 Å². The molecule has 1 atom stereocenters. The Bertz CT molecular complexity index is 2850. The second kappa shape index (κ2) is 11.8. The molecule has 1 aliphatic carbocycles. The van der Waals surface area contributed by atoms with Gasteiger partial charge in [-0.15, -0.1) is 0 Å². The van der Waals surface area contributed by atoms with Gasteiger partial charge in [-0.1, -0.05) is 122 Å². The Hall–Kier alpha value is -6.52. The maximum absolute atomic E-state index is 6.96. The van der Waals surface area contributed by atoms with Crippen LogP contribution < -0.4 is 0 Å². The van der Waals surface area contributed by atoms with Gasteiger partial charge in [-0.25, -0.2) is 4.98 Å². The van der Waals surface area contributed by atoms with E-state index in [0.717, 1.165) is 94.2 Å². The zero-order valence-electron chi connectivity index (χ0n) is 28.1. The van der Waals surface area contributed by atoms with Gasteiger partial charge in [0.2, 0.25) is 0 Å². The molecule has 0 bridgehead atoms. The van der Waals surface area contributed by atoms with Crippen molar-refractivity contribution >= 4 is 43.7 Å². The molecule has 1 N–H and O–H groups in total. The minimum atomic E-state index is 0.267. The Labute approximate surface area is 295 Å². The van der Waals surface area contributed by atoms with E-state index in [0.29, 0.717) is 6.42 Å². The zero-order valence-corrected chi connectivity index (χ0v) is 28.1. The molecule has 4 nitrogen and oxygen atoms in total. The van der Waals surface area contributed by atoms with E-state index in [1.807, 2.05) is 6.20 Å². The van der Waals surface area contributed by atoms with Gasteiger partial charge in [0.1, 0.15) is 11.2 Å². The molecule has 3 aromatic heterocycles. The summed E-state index contributed by atoms with van der Waals surface area (Å²) < 4.78 is 6.96. The molecule has 1 aliphatic rings. The predicted octanol–water partition coefficient (Wildman–Crippen LogP) is 12.5. The molecule has 0 aliphatic heterocycles. The second-order valence-corrected chi connectivity index (χ2v) is 13.4. The number of nitrogens with zero attached hydrogens (tertiary/aromatic N) is 2. The minimum absolute atomic E-state index is 0.267. The molecular weight excluding hydrogens is 623 g/mol. The highest BCUT2D eigenvalue weighted by atomic mass is 16.3. The van der Waals surface area contributed by atoms with Crippen LogP contribution in [0.2, 0.25) is 0 Å². The number of furan rings is 1. The van der Waals surface area contributed by atoms with E-state index >= 15 is 0 Å². The van der Waals surface area contributed by atoms with Gasteiger partial charge in [0.25, 0.3) is 0 Å². The van der Waals surface area contributed by atoms with Gasteiger partial charge in [-0.3, -0.25) is 4.98 Å². The first-order valence-electron chi connectivity index (χ1n) is 17.5. The molecule has 0 amide bonds. The number of nitrogens with one attached hydrogen (secondary N) is 1. The zero-order chi connectivity index (χ0) is 33.9. The predicted molar refractivity (Wildman–Crippen MR) is 211 cm³/mol. The van der Waals surface area contributed by atoms with Crippen LogP contribution in [-0.2, 0) is 6.42 Å². The molecule has 10 rings (SSSR count). The van der Waals surface area contributed by atoms with E-state index in [2.05, 4.69) is 164 Å². The number of benzene rings is 6. The van der Waals surface area contributed by atoms with Crippen LogP contribution in [0.15, 0.2) is 162 Å². The first kappa shape index (κ1) is 29.4.